The van der Waals surface area contributed by atoms with Crippen LogP contribution in [-0.2, 0) is 18.4 Å². The van der Waals surface area contributed by atoms with Gasteiger partial charge in [-0.1, -0.05) is 12.8 Å². The summed E-state index contributed by atoms with van der Waals surface area (Å²) < 4.78 is 3.12. The van der Waals surface area contributed by atoms with Gasteiger partial charge >= 0.3 is 0 Å². The van der Waals surface area contributed by atoms with E-state index in [-0.39, 0.29) is 11.5 Å². The lowest BCUT2D eigenvalue weighted by Gasteiger charge is -2.44. The molecule has 0 unspecified atom stereocenters. The van der Waals surface area contributed by atoms with Crippen LogP contribution in [0.25, 0.3) is 11.0 Å². The number of hydrogen-bond acceptors (Lipinski definition) is 4. The topological polar surface area (TPSA) is 73.0 Å². The van der Waals surface area contributed by atoms with E-state index in [1.54, 1.807) is 17.9 Å². The lowest BCUT2D eigenvalue weighted by Crippen LogP contribution is -2.49. The normalized spacial score (nSPS) is 23.6. The van der Waals surface area contributed by atoms with Crippen molar-refractivity contribution in [1.29, 1.82) is 0 Å². The quantitative estimate of drug-likeness (QED) is 0.850. The number of nitrogens with zero attached hydrogens (tertiary/aromatic N) is 5. The largest absolute Gasteiger partial charge is 0.339 e. The van der Waals surface area contributed by atoms with E-state index in [0.717, 1.165) is 19.4 Å². The first-order valence-corrected chi connectivity index (χ1v) is 9.32. The molecule has 2 aliphatic rings. The Hall–Kier alpha value is -2.18. The van der Waals surface area contributed by atoms with Crippen LogP contribution >= 0.6 is 0 Å². The molecule has 0 aromatic carbocycles. The molecule has 2 aromatic heterocycles. The van der Waals surface area contributed by atoms with Gasteiger partial charge in [-0.3, -0.25) is 18.8 Å². The van der Waals surface area contributed by atoms with Crippen molar-refractivity contribution in [3.63, 3.8) is 0 Å². The molecule has 1 amide bonds. The van der Waals surface area contributed by atoms with Gasteiger partial charge in [-0.25, -0.2) is 4.98 Å². The molecule has 3 heterocycles. The van der Waals surface area contributed by atoms with Gasteiger partial charge in [0.1, 0.15) is 5.39 Å². The first kappa shape index (κ1) is 16.3. The van der Waals surface area contributed by atoms with Crippen LogP contribution in [0.5, 0.6) is 0 Å². The molecule has 1 aliphatic carbocycles. The van der Waals surface area contributed by atoms with Crippen LogP contribution in [0.2, 0.25) is 0 Å². The Morgan fingerprint density at radius 2 is 2.04 bits per heavy atom. The minimum absolute atomic E-state index is 0.125. The molecule has 1 saturated carbocycles. The number of carbonyl (C=O) groups is 1. The Morgan fingerprint density at radius 3 is 2.92 bits per heavy atom. The molecule has 4 rings (SSSR count). The van der Waals surface area contributed by atoms with Gasteiger partial charge in [-0.15, -0.1) is 0 Å². The molecule has 1 saturated heterocycles. The van der Waals surface area contributed by atoms with Gasteiger partial charge in [-0.05, 0) is 31.6 Å². The Morgan fingerprint density at radius 1 is 1.24 bits per heavy atom. The average molecular weight is 343 g/mol. The number of rotatable bonds is 3. The highest BCUT2D eigenvalue weighted by molar-refractivity contribution is 5.77. The van der Waals surface area contributed by atoms with Crippen molar-refractivity contribution in [2.24, 2.45) is 13.0 Å². The minimum atomic E-state index is -0.125. The number of amides is 1. The lowest BCUT2D eigenvalue weighted by atomic mass is 9.78. The fourth-order valence-electron chi connectivity index (χ4n) is 4.52. The standard InChI is InChI=1S/C18H25N5O2/c1-21-17-14(11-20-21)18(25)22(12-19-17)10-8-16(24)23-9-4-6-13-5-2-3-7-15(13)23/h11-13,15H,2-10H2,1H3/t13-,15+/m0/s1. The molecule has 1 aliphatic heterocycles. The zero-order valence-electron chi connectivity index (χ0n) is 14.7. The molecule has 134 valence electrons. The Bertz CT molecular complexity index is 838. The van der Waals surface area contributed by atoms with E-state index < -0.39 is 0 Å². The van der Waals surface area contributed by atoms with Crippen molar-refractivity contribution in [2.75, 3.05) is 6.54 Å². The van der Waals surface area contributed by atoms with Gasteiger partial charge in [-0.2, -0.15) is 5.10 Å². The number of fused-ring (bicyclic) bond motifs is 2. The SMILES string of the molecule is Cn1ncc2c(=O)n(CCC(=O)N3CCC[C@@H]4CCCC[C@H]43)cnc21. The molecule has 0 bridgehead atoms. The summed E-state index contributed by atoms with van der Waals surface area (Å²) in [7, 11) is 1.76. The molecule has 25 heavy (non-hydrogen) atoms. The van der Waals surface area contributed by atoms with Crippen LogP contribution in [-0.4, -0.2) is 42.7 Å². The van der Waals surface area contributed by atoms with Gasteiger partial charge < -0.3 is 4.90 Å². The van der Waals surface area contributed by atoms with Gasteiger partial charge in [0.15, 0.2) is 5.65 Å². The van der Waals surface area contributed by atoms with Crippen LogP contribution in [0.15, 0.2) is 17.3 Å². The maximum Gasteiger partial charge on any atom is 0.264 e. The Kier molecular flexibility index (Phi) is 4.31. The summed E-state index contributed by atoms with van der Waals surface area (Å²) in [4.78, 5) is 31.7. The maximum absolute atomic E-state index is 12.8. The summed E-state index contributed by atoms with van der Waals surface area (Å²) in [5.74, 6) is 0.859. The van der Waals surface area contributed by atoms with Gasteiger partial charge in [0, 0.05) is 32.6 Å². The van der Waals surface area contributed by atoms with E-state index in [1.807, 2.05) is 0 Å². The Balaban J connectivity index is 1.46. The molecular weight excluding hydrogens is 318 g/mol. The van der Waals surface area contributed by atoms with E-state index in [0.29, 0.717) is 36.0 Å². The summed E-state index contributed by atoms with van der Waals surface area (Å²) in [6, 6.07) is 0.422. The van der Waals surface area contributed by atoms with E-state index in [1.165, 1.54) is 36.6 Å². The number of carbonyl (C=O) groups excluding carboxylic acids is 1. The zero-order chi connectivity index (χ0) is 17.4. The number of likely N-dealkylation sites (tertiary alicyclic amines) is 1. The molecule has 0 radical (unpaired) electrons. The highest BCUT2D eigenvalue weighted by Gasteiger charge is 2.35. The predicted octanol–water partition coefficient (Wildman–Crippen LogP) is 1.70. The molecule has 2 atom stereocenters. The van der Waals surface area contributed by atoms with Crippen molar-refractivity contribution in [3.8, 4) is 0 Å². The minimum Gasteiger partial charge on any atom is -0.339 e. The van der Waals surface area contributed by atoms with Gasteiger partial charge in [0.05, 0.1) is 12.5 Å². The first-order chi connectivity index (χ1) is 12.1. The maximum atomic E-state index is 12.8. The van der Waals surface area contributed by atoms with Crippen molar-refractivity contribution in [3.05, 3.63) is 22.9 Å². The van der Waals surface area contributed by atoms with E-state index in [4.69, 9.17) is 0 Å². The first-order valence-electron chi connectivity index (χ1n) is 9.32. The van der Waals surface area contributed by atoms with Crippen LogP contribution in [0.1, 0.15) is 44.9 Å². The number of aromatic nitrogens is 4. The monoisotopic (exact) mass is 343 g/mol. The zero-order valence-corrected chi connectivity index (χ0v) is 14.7. The van der Waals surface area contributed by atoms with Crippen molar-refractivity contribution in [1.82, 2.24) is 24.2 Å². The van der Waals surface area contributed by atoms with Crippen LogP contribution < -0.4 is 5.56 Å². The summed E-state index contributed by atoms with van der Waals surface area (Å²) in [5, 5.41) is 4.58. The van der Waals surface area contributed by atoms with Crippen LogP contribution in [0.3, 0.4) is 0 Å². The smallest absolute Gasteiger partial charge is 0.264 e. The highest BCUT2D eigenvalue weighted by atomic mass is 16.2. The van der Waals surface area contributed by atoms with E-state index >= 15 is 0 Å². The van der Waals surface area contributed by atoms with E-state index in [9.17, 15) is 9.59 Å². The molecule has 0 spiro atoms. The predicted molar refractivity (Wildman–Crippen MR) is 94.1 cm³/mol. The van der Waals surface area contributed by atoms with Crippen molar-refractivity contribution < 1.29 is 4.79 Å². The summed E-state index contributed by atoms with van der Waals surface area (Å²) in [5.41, 5.74) is 0.453. The van der Waals surface area contributed by atoms with Crippen LogP contribution in [0.4, 0.5) is 0 Å². The fraction of sp³-hybridized carbons (Fsp3) is 0.667. The average Bonchev–Trinajstić information content (AvgIpc) is 3.02. The molecular formula is C18H25N5O2. The second kappa shape index (κ2) is 6.61. The molecule has 0 N–H and O–H groups in total. The summed E-state index contributed by atoms with van der Waals surface area (Å²) >= 11 is 0. The Labute approximate surface area is 146 Å². The fourth-order valence-corrected chi connectivity index (χ4v) is 4.52. The number of hydrogen-bond donors (Lipinski definition) is 0. The van der Waals surface area contributed by atoms with Crippen molar-refractivity contribution >= 4 is 16.9 Å². The third-order valence-electron chi connectivity index (χ3n) is 5.85. The third-order valence-corrected chi connectivity index (χ3v) is 5.85. The second-order valence-electron chi connectivity index (χ2n) is 7.34. The second-order valence-corrected chi connectivity index (χ2v) is 7.34. The lowest BCUT2D eigenvalue weighted by molar-refractivity contribution is -0.137. The summed E-state index contributed by atoms with van der Waals surface area (Å²) in [6.07, 6.45) is 10.7. The van der Waals surface area contributed by atoms with Gasteiger partial charge in [0.2, 0.25) is 5.91 Å². The summed E-state index contributed by atoms with van der Waals surface area (Å²) in [6.45, 7) is 1.25. The van der Waals surface area contributed by atoms with Crippen LogP contribution in [0, 0.1) is 5.92 Å². The molecule has 2 aromatic rings. The van der Waals surface area contributed by atoms with Gasteiger partial charge in [0.25, 0.3) is 5.56 Å². The number of piperidine rings is 1. The third kappa shape index (κ3) is 2.96. The molecule has 7 nitrogen and oxygen atoms in total. The number of aryl methyl sites for hydroxylation is 2. The van der Waals surface area contributed by atoms with Crippen molar-refractivity contribution in [2.45, 2.75) is 57.5 Å². The molecule has 7 heteroatoms. The van der Waals surface area contributed by atoms with E-state index in [2.05, 4.69) is 15.0 Å². The molecule has 2 fully saturated rings. The highest BCUT2D eigenvalue weighted by Crippen LogP contribution is 2.35.